The first-order valence-corrected chi connectivity index (χ1v) is 4.50. The minimum atomic E-state index is -0.462. The van der Waals surface area contributed by atoms with Crippen LogP contribution in [0.2, 0.25) is 0 Å². The van der Waals surface area contributed by atoms with E-state index in [1.807, 2.05) is 0 Å². The first kappa shape index (κ1) is 11.3. The van der Waals surface area contributed by atoms with Gasteiger partial charge in [-0.15, -0.1) is 0 Å². The van der Waals surface area contributed by atoms with Crippen LogP contribution in [0.3, 0.4) is 0 Å². The molecule has 0 atom stereocenters. The summed E-state index contributed by atoms with van der Waals surface area (Å²) in [7, 11) is 3.46. The van der Waals surface area contributed by atoms with E-state index in [0.717, 1.165) is 5.06 Å². The molecular formula is C8H15N5O2. The van der Waals surface area contributed by atoms with Crippen molar-refractivity contribution in [1.82, 2.24) is 9.97 Å². The average Bonchev–Trinajstić information content (AvgIpc) is 2.20. The molecule has 4 N–H and O–H groups in total. The highest BCUT2D eigenvalue weighted by Crippen LogP contribution is 2.16. The van der Waals surface area contributed by atoms with Crippen LogP contribution in [0, 0.1) is 0 Å². The van der Waals surface area contributed by atoms with Crippen LogP contribution < -0.4 is 21.3 Å². The predicted molar refractivity (Wildman–Crippen MR) is 58.4 cm³/mol. The number of aromatic nitrogens is 2. The molecule has 1 aromatic rings. The third-order valence-corrected chi connectivity index (χ3v) is 1.89. The Balaban J connectivity index is 3.31. The number of rotatable bonds is 3. The largest absolute Gasteiger partial charge is 0.391 e. The van der Waals surface area contributed by atoms with E-state index in [9.17, 15) is 10.0 Å². The number of nitrogens with one attached hydrogen (secondary N) is 1. The van der Waals surface area contributed by atoms with Crippen molar-refractivity contribution in [3.05, 3.63) is 10.4 Å². The van der Waals surface area contributed by atoms with Crippen molar-refractivity contribution >= 4 is 17.5 Å². The third-order valence-electron chi connectivity index (χ3n) is 1.89. The van der Waals surface area contributed by atoms with Gasteiger partial charge in [0.15, 0.2) is 5.82 Å². The van der Waals surface area contributed by atoms with Gasteiger partial charge in [0.25, 0.3) is 5.56 Å². The third kappa shape index (κ3) is 2.18. The molecule has 0 amide bonds. The molecule has 0 radical (unpaired) electrons. The van der Waals surface area contributed by atoms with Crippen molar-refractivity contribution in [2.24, 2.45) is 0 Å². The normalized spacial score (nSPS) is 10.1. The fourth-order valence-corrected chi connectivity index (χ4v) is 1.02. The number of hydrogen-bond donors (Lipinski definition) is 3. The highest BCUT2D eigenvalue weighted by atomic mass is 16.5. The summed E-state index contributed by atoms with van der Waals surface area (Å²) in [6, 6.07) is 0. The van der Waals surface area contributed by atoms with E-state index in [0.29, 0.717) is 12.5 Å². The van der Waals surface area contributed by atoms with Gasteiger partial charge < -0.3 is 10.6 Å². The van der Waals surface area contributed by atoms with Crippen molar-refractivity contribution < 1.29 is 5.21 Å². The van der Waals surface area contributed by atoms with E-state index in [1.165, 1.54) is 0 Å². The van der Waals surface area contributed by atoms with Crippen molar-refractivity contribution in [3.8, 4) is 0 Å². The SMILES string of the molecule is CCN(O)c1nc(N(C)C)[nH]c(=O)c1N. The molecule has 7 heteroatoms. The van der Waals surface area contributed by atoms with Gasteiger partial charge in [-0.25, -0.2) is 5.06 Å². The van der Waals surface area contributed by atoms with E-state index < -0.39 is 5.56 Å². The van der Waals surface area contributed by atoms with Gasteiger partial charge in [0.05, 0.1) is 0 Å². The Hall–Kier alpha value is -1.76. The summed E-state index contributed by atoms with van der Waals surface area (Å²) in [5.74, 6) is 0.418. The lowest BCUT2D eigenvalue weighted by atomic mass is 10.4. The minimum absolute atomic E-state index is 0.0740. The second kappa shape index (κ2) is 4.18. The molecule has 0 spiro atoms. The van der Waals surface area contributed by atoms with E-state index >= 15 is 0 Å². The monoisotopic (exact) mass is 213 g/mol. The summed E-state index contributed by atoms with van der Waals surface area (Å²) < 4.78 is 0. The van der Waals surface area contributed by atoms with Crippen LogP contribution in [-0.4, -0.2) is 35.8 Å². The second-order valence-corrected chi connectivity index (χ2v) is 3.24. The van der Waals surface area contributed by atoms with Gasteiger partial charge in [-0.1, -0.05) is 0 Å². The molecule has 1 rings (SSSR count). The topological polar surface area (TPSA) is 98.5 Å². The number of anilines is 3. The Bertz CT molecular complexity index is 401. The number of H-pyrrole nitrogens is 1. The van der Waals surface area contributed by atoms with Gasteiger partial charge in [0.2, 0.25) is 5.95 Å². The average molecular weight is 213 g/mol. The van der Waals surface area contributed by atoms with E-state index in [1.54, 1.807) is 25.9 Å². The van der Waals surface area contributed by atoms with Crippen LogP contribution in [0.25, 0.3) is 0 Å². The van der Waals surface area contributed by atoms with E-state index in [-0.39, 0.29) is 11.5 Å². The molecule has 0 bridgehead atoms. The summed E-state index contributed by atoms with van der Waals surface area (Å²) in [5, 5.41) is 10.3. The summed E-state index contributed by atoms with van der Waals surface area (Å²) in [4.78, 5) is 19.5. The molecule has 1 aromatic heterocycles. The van der Waals surface area contributed by atoms with Crippen LogP contribution in [0.1, 0.15) is 6.92 Å². The molecule has 0 aliphatic carbocycles. The lowest BCUT2D eigenvalue weighted by Crippen LogP contribution is -2.27. The maximum Gasteiger partial charge on any atom is 0.277 e. The van der Waals surface area contributed by atoms with Crippen LogP contribution in [0.5, 0.6) is 0 Å². The molecule has 15 heavy (non-hydrogen) atoms. The van der Waals surface area contributed by atoms with E-state index in [2.05, 4.69) is 9.97 Å². The number of aromatic amines is 1. The number of hydrogen-bond acceptors (Lipinski definition) is 6. The molecule has 0 unspecified atom stereocenters. The molecule has 0 saturated heterocycles. The minimum Gasteiger partial charge on any atom is -0.391 e. The lowest BCUT2D eigenvalue weighted by Gasteiger charge is -2.18. The molecule has 0 aliphatic heterocycles. The predicted octanol–water partition coefficient (Wildman–Crippen LogP) is -0.366. The molecular weight excluding hydrogens is 198 g/mol. The summed E-state index contributed by atoms with van der Waals surface area (Å²) in [6.45, 7) is 2.02. The van der Waals surface area contributed by atoms with Crippen LogP contribution in [0.15, 0.2) is 4.79 Å². The Labute approximate surface area is 87.1 Å². The van der Waals surface area contributed by atoms with Gasteiger partial charge in [-0.05, 0) is 6.92 Å². The molecule has 0 aliphatic rings. The maximum absolute atomic E-state index is 11.4. The van der Waals surface area contributed by atoms with Gasteiger partial charge >= 0.3 is 0 Å². The zero-order chi connectivity index (χ0) is 11.6. The zero-order valence-corrected chi connectivity index (χ0v) is 8.98. The second-order valence-electron chi connectivity index (χ2n) is 3.24. The highest BCUT2D eigenvalue weighted by Gasteiger charge is 2.13. The number of nitrogen functional groups attached to an aromatic ring is 1. The Morgan fingerprint density at radius 1 is 1.53 bits per heavy atom. The smallest absolute Gasteiger partial charge is 0.277 e. The van der Waals surface area contributed by atoms with E-state index in [4.69, 9.17) is 5.73 Å². The maximum atomic E-state index is 11.4. The fourth-order valence-electron chi connectivity index (χ4n) is 1.02. The molecule has 7 nitrogen and oxygen atoms in total. The molecule has 0 saturated carbocycles. The number of hydroxylamine groups is 1. The van der Waals surface area contributed by atoms with Gasteiger partial charge in [0.1, 0.15) is 5.69 Å². The highest BCUT2D eigenvalue weighted by molar-refractivity contribution is 5.61. The van der Waals surface area contributed by atoms with Crippen LogP contribution >= 0.6 is 0 Å². The first-order valence-electron chi connectivity index (χ1n) is 4.50. The Kier molecular flexibility index (Phi) is 3.15. The first-order chi connectivity index (χ1) is 6.97. The number of nitrogens with two attached hydrogens (primary N) is 1. The molecule has 84 valence electrons. The molecule has 0 aromatic carbocycles. The molecule has 0 fully saturated rings. The van der Waals surface area contributed by atoms with Gasteiger partial charge in [-0.2, -0.15) is 4.98 Å². The summed E-state index contributed by atoms with van der Waals surface area (Å²) in [6.07, 6.45) is 0. The Morgan fingerprint density at radius 2 is 2.13 bits per heavy atom. The van der Waals surface area contributed by atoms with Crippen molar-refractivity contribution in [2.45, 2.75) is 6.92 Å². The summed E-state index contributed by atoms with van der Waals surface area (Å²) in [5.41, 5.74) is 4.95. The Morgan fingerprint density at radius 3 is 2.60 bits per heavy atom. The molecule has 1 heterocycles. The number of nitrogens with zero attached hydrogens (tertiary/aromatic N) is 3. The van der Waals surface area contributed by atoms with Crippen LogP contribution in [0.4, 0.5) is 17.5 Å². The lowest BCUT2D eigenvalue weighted by molar-refractivity contribution is 0.257. The van der Waals surface area contributed by atoms with Crippen LogP contribution in [-0.2, 0) is 0 Å². The van der Waals surface area contributed by atoms with Gasteiger partial charge in [0, 0.05) is 20.6 Å². The quantitative estimate of drug-likeness (QED) is 0.593. The van der Waals surface area contributed by atoms with Crippen molar-refractivity contribution in [3.63, 3.8) is 0 Å². The standard InChI is InChI=1S/C8H15N5O2/c1-4-13(15)6-5(9)7(14)11-8(10-6)12(2)3/h15H,4,9H2,1-3H3,(H,10,11,14). The van der Waals surface area contributed by atoms with Crippen molar-refractivity contribution in [2.75, 3.05) is 36.3 Å². The summed E-state index contributed by atoms with van der Waals surface area (Å²) >= 11 is 0. The fraction of sp³-hybridized carbons (Fsp3) is 0.500. The van der Waals surface area contributed by atoms with Crippen molar-refractivity contribution in [1.29, 1.82) is 0 Å². The van der Waals surface area contributed by atoms with Gasteiger partial charge in [-0.3, -0.25) is 15.0 Å². The zero-order valence-electron chi connectivity index (χ0n) is 8.98.